The summed E-state index contributed by atoms with van der Waals surface area (Å²) in [7, 11) is 0. The highest BCUT2D eigenvalue weighted by atomic mass is 32.1. The lowest BCUT2D eigenvalue weighted by atomic mass is 10.2. The molecule has 0 amide bonds. The summed E-state index contributed by atoms with van der Waals surface area (Å²) in [6.07, 6.45) is 3.18. The molecule has 1 aliphatic rings. The molecule has 0 radical (unpaired) electrons. The van der Waals surface area contributed by atoms with Crippen molar-refractivity contribution in [3.05, 3.63) is 10.9 Å². The fraction of sp³-hybridized carbons (Fsp3) is 0.545. The molecule has 1 aliphatic carbocycles. The standard InChI is InChI=1S/C11H16N2OS/c1-2-9(14)11-8(12)5-10(15-11)13-6-7-3-4-7/h5,7,13H,2-4,6,12H2,1H3. The predicted molar refractivity (Wildman–Crippen MR) is 64.6 cm³/mol. The molecule has 1 fully saturated rings. The van der Waals surface area contributed by atoms with Gasteiger partial charge in [-0.1, -0.05) is 6.92 Å². The third kappa shape index (κ3) is 2.50. The molecule has 82 valence electrons. The molecule has 3 N–H and O–H groups in total. The van der Waals surface area contributed by atoms with Crippen LogP contribution in [0.25, 0.3) is 0 Å². The normalized spacial score (nSPS) is 15.3. The summed E-state index contributed by atoms with van der Waals surface area (Å²) in [5.41, 5.74) is 6.41. The summed E-state index contributed by atoms with van der Waals surface area (Å²) in [6.45, 7) is 2.87. The summed E-state index contributed by atoms with van der Waals surface area (Å²) < 4.78 is 0. The van der Waals surface area contributed by atoms with Crippen molar-refractivity contribution in [1.29, 1.82) is 0 Å². The van der Waals surface area contributed by atoms with E-state index in [1.165, 1.54) is 24.2 Å². The minimum absolute atomic E-state index is 0.136. The highest BCUT2D eigenvalue weighted by molar-refractivity contribution is 7.18. The van der Waals surface area contributed by atoms with Gasteiger partial charge in [-0.25, -0.2) is 0 Å². The van der Waals surface area contributed by atoms with Gasteiger partial charge in [-0.2, -0.15) is 0 Å². The number of nitrogens with two attached hydrogens (primary N) is 1. The zero-order valence-corrected chi connectivity index (χ0v) is 9.69. The first-order valence-corrected chi connectivity index (χ1v) is 6.18. The molecule has 0 saturated heterocycles. The molecule has 0 aromatic carbocycles. The second kappa shape index (κ2) is 4.23. The average Bonchev–Trinajstić information content (AvgIpc) is 2.98. The number of thiophene rings is 1. The van der Waals surface area contributed by atoms with E-state index >= 15 is 0 Å². The van der Waals surface area contributed by atoms with Crippen molar-refractivity contribution in [2.45, 2.75) is 26.2 Å². The van der Waals surface area contributed by atoms with Gasteiger partial charge in [0.05, 0.1) is 15.6 Å². The molecular formula is C11H16N2OS. The van der Waals surface area contributed by atoms with Gasteiger partial charge >= 0.3 is 0 Å². The van der Waals surface area contributed by atoms with E-state index in [1.807, 2.05) is 13.0 Å². The number of hydrogen-bond acceptors (Lipinski definition) is 4. The molecule has 0 unspecified atom stereocenters. The molecule has 1 saturated carbocycles. The van der Waals surface area contributed by atoms with Gasteiger partial charge in [0.2, 0.25) is 0 Å². The molecule has 1 aromatic heterocycles. The van der Waals surface area contributed by atoms with Crippen LogP contribution in [-0.4, -0.2) is 12.3 Å². The van der Waals surface area contributed by atoms with E-state index < -0.39 is 0 Å². The summed E-state index contributed by atoms with van der Waals surface area (Å²) in [5, 5.41) is 4.36. The van der Waals surface area contributed by atoms with E-state index in [9.17, 15) is 4.79 Å². The van der Waals surface area contributed by atoms with Gasteiger partial charge in [-0.3, -0.25) is 4.79 Å². The Bertz CT molecular complexity index is 369. The Labute approximate surface area is 93.7 Å². The summed E-state index contributed by atoms with van der Waals surface area (Å²) in [5.74, 6) is 0.968. The molecule has 0 atom stereocenters. The van der Waals surface area contributed by atoms with Gasteiger partial charge in [0, 0.05) is 13.0 Å². The number of ketones is 1. The third-order valence-corrected chi connectivity index (χ3v) is 3.75. The lowest BCUT2D eigenvalue weighted by Crippen LogP contribution is -2.00. The quantitative estimate of drug-likeness (QED) is 0.756. The number of rotatable bonds is 5. The van der Waals surface area contributed by atoms with Gasteiger partial charge in [0.15, 0.2) is 5.78 Å². The van der Waals surface area contributed by atoms with Crippen LogP contribution in [0.4, 0.5) is 10.7 Å². The van der Waals surface area contributed by atoms with Crippen LogP contribution in [0.2, 0.25) is 0 Å². The number of carbonyl (C=O) groups excluding carboxylic acids is 1. The van der Waals surface area contributed by atoms with Crippen LogP contribution < -0.4 is 11.1 Å². The van der Waals surface area contributed by atoms with Crippen molar-refractivity contribution in [3.63, 3.8) is 0 Å². The van der Waals surface area contributed by atoms with Gasteiger partial charge in [-0.05, 0) is 24.8 Å². The fourth-order valence-electron chi connectivity index (χ4n) is 1.44. The third-order valence-electron chi connectivity index (χ3n) is 2.60. The molecule has 3 nitrogen and oxygen atoms in total. The van der Waals surface area contributed by atoms with E-state index in [0.29, 0.717) is 17.0 Å². The van der Waals surface area contributed by atoms with Crippen LogP contribution in [0.15, 0.2) is 6.07 Å². The first kappa shape index (κ1) is 10.5. The first-order chi connectivity index (χ1) is 7.20. The van der Waals surface area contributed by atoms with Crippen molar-refractivity contribution in [1.82, 2.24) is 0 Å². The number of nitrogen functional groups attached to an aromatic ring is 1. The number of Topliss-reactive ketones (excluding diaryl/α,β-unsaturated/α-hetero) is 1. The van der Waals surface area contributed by atoms with E-state index in [4.69, 9.17) is 5.73 Å². The first-order valence-electron chi connectivity index (χ1n) is 5.37. The second-order valence-corrected chi connectivity index (χ2v) is 5.05. The lowest BCUT2D eigenvalue weighted by Gasteiger charge is -1.99. The van der Waals surface area contributed by atoms with E-state index in [1.54, 1.807) is 0 Å². The Morgan fingerprint density at radius 1 is 1.67 bits per heavy atom. The summed E-state index contributed by atoms with van der Waals surface area (Å²) in [4.78, 5) is 12.2. The van der Waals surface area contributed by atoms with E-state index in [2.05, 4.69) is 5.32 Å². The molecule has 1 heterocycles. The maximum Gasteiger partial charge on any atom is 0.174 e. The zero-order chi connectivity index (χ0) is 10.8. The topological polar surface area (TPSA) is 55.1 Å². The van der Waals surface area contributed by atoms with Gasteiger partial charge in [0.25, 0.3) is 0 Å². The van der Waals surface area contributed by atoms with Gasteiger partial charge < -0.3 is 11.1 Å². The molecule has 4 heteroatoms. The Morgan fingerprint density at radius 2 is 2.40 bits per heavy atom. The number of hydrogen-bond donors (Lipinski definition) is 2. The van der Waals surface area contributed by atoms with Crippen molar-refractivity contribution < 1.29 is 4.79 Å². The maximum atomic E-state index is 11.5. The molecule has 0 aliphatic heterocycles. The predicted octanol–water partition coefficient (Wildman–Crippen LogP) is 2.74. The molecule has 0 bridgehead atoms. The average molecular weight is 224 g/mol. The molecule has 0 spiro atoms. The van der Waals surface area contributed by atoms with Crippen molar-refractivity contribution in [3.8, 4) is 0 Å². The minimum Gasteiger partial charge on any atom is -0.397 e. The largest absolute Gasteiger partial charge is 0.397 e. The van der Waals surface area contributed by atoms with Gasteiger partial charge in [-0.15, -0.1) is 11.3 Å². The van der Waals surface area contributed by atoms with Gasteiger partial charge in [0.1, 0.15) is 0 Å². The molecule has 15 heavy (non-hydrogen) atoms. The Hall–Kier alpha value is -1.03. The van der Waals surface area contributed by atoms with Crippen molar-refractivity contribution >= 4 is 27.8 Å². The van der Waals surface area contributed by atoms with Crippen LogP contribution in [0.5, 0.6) is 0 Å². The number of carbonyl (C=O) groups is 1. The minimum atomic E-state index is 0.136. The highest BCUT2D eigenvalue weighted by Gasteiger charge is 2.21. The molecular weight excluding hydrogens is 208 g/mol. The highest BCUT2D eigenvalue weighted by Crippen LogP contribution is 2.33. The SMILES string of the molecule is CCC(=O)c1sc(NCC2CC2)cc1N. The number of nitrogens with one attached hydrogen (secondary N) is 1. The zero-order valence-electron chi connectivity index (χ0n) is 8.88. The van der Waals surface area contributed by atoms with Crippen LogP contribution in [-0.2, 0) is 0 Å². The molecule has 2 rings (SSSR count). The van der Waals surface area contributed by atoms with Crippen LogP contribution in [0, 0.1) is 5.92 Å². The number of anilines is 2. The Balaban J connectivity index is 2.02. The summed E-state index contributed by atoms with van der Waals surface area (Å²) >= 11 is 1.48. The fourth-order valence-corrected chi connectivity index (χ4v) is 2.43. The van der Waals surface area contributed by atoms with Crippen LogP contribution >= 0.6 is 11.3 Å². The van der Waals surface area contributed by atoms with Crippen LogP contribution in [0.3, 0.4) is 0 Å². The van der Waals surface area contributed by atoms with Crippen molar-refractivity contribution in [2.75, 3.05) is 17.6 Å². The second-order valence-electron chi connectivity index (χ2n) is 4.00. The van der Waals surface area contributed by atoms with Crippen LogP contribution in [0.1, 0.15) is 35.9 Å². The lowest BCUT2D eigenvalue weighted by molar-refractivity contribution is 0.0993. The Kier molecular flexibility index (Phi) is 2.95. The molecule has 1 aromatic rings. The monoisotopic (exact) mass is 224 g/mol. The Morgan fingerprint density at radius 3 is 3.00 bits per heavy atom. The van der Waals surface area contributed by atoms with E-state index in [-0.39, 0.29) is 5.78 Å². The van der Waals surface area contributed by atoms with Crippen molar-refractivity contribution in [2.24, 2.45) is 5.92 Å². The summed E-state index contributed by atoms with van der Waals surface area (Å²) in [6, 6.07) is 1.87. The van der Waals surface area contributed by atoms with E-state index in [0.717, 1.165) is 17.5 Å². The maximum absolute atomic E-state index is 11.5. The smallest absolute Gasteiger partial charge is 0.174 e.